The molecule has 1 atom stereocenters. The predicted molar refractivity (Wildman–Crippen MR) is 86.9 cm³/mol. The van der Waals surface area contributed by atoms with Gasteiger partial charge in [-0.3, -0.25) is 4.79 Å². The number of hydrogen-bond acceptors (Lipinski definition) is 7. The van der Waals surface area contributed by atoms with Gasteiger partial charge in [-0.2, -0.15) is 4.98 Å². The first-order valence-corrected chi connectivity index (χ1v) is 8.05. The monoisotopic (exact) mass is 351 g/mol. The Labute approximate surface area is 142 Å². The highest BCUT2D eigenvalue weighted by Crippen LogP contribution is 2.22. The van der Waals surface area contributed by atoms with Gasteiger partial charge in [-0.25, -0.2) is 9.59 Å². The van der Waals surface area contributed by atoms with Crippen molar-refractivity contribution in [3.63, 3.8) is 0 Å². The highest BCUT2D eigenvalue weighted by atomic mass is 32.2. The number of amides is 1. The Hall–Kier alpha value is -2.55. The number of H-pyrrole nitrogens is 1. The Kier molecular flexibility index (Phi) is 5.80. The van der Waals surface area contributed by atoms with Gasteiger partial charge in [0.2, 0.25) is 5.91 Å². The van der Waals surface area contributed by atoms with Gasteiger partial charge in [0, 0.05) is 5.69 Å². The zero-order chi connectivity index (χ0) is 17.7. The molecule has 2 heterocycles. The van der Waals surface area contributed by atoms with Gasteiger partial charge in [-0.1, -0.05) is 11.8 Å². The number of thioether (sulfide) groups is 1. The molecular formula is C15H17N3O5S. The van der Waals surface area contributed by atoms with Crippen LogP contribution in [0.2, 0.25) is 0 Å². The van der Waals surface area contributed by atoms with Gasteiger partial charge < -0.3 is 19.5 Å². The lowest BCUT2D eigenvalue weighted by molar-refractivity contribution is -0.119. The predicted octanol–water partition coefficient (Wildman–Crippen LogP) is 1.43. The van der Waals surface area contributed by atoms with Crippen molar-refractivity contribution in [1.29, 1.82) is 0 Å². The Balaban J connectivity index is 2.07. The second-order valence-corrected chi connectivity index (χ2v) is 5.90. The number of carbonyl (C=O) groups excluding carboxylic acids is 2. The number of esters is 1. The van der Waals surface area contributed by atoms with E-state index >= 15 is 0 Å². The van der Waals surface area contributed by atoms with Gasteiger partial charge in [-0.15, -0.1) is 0 Å². The number of aromatic amines is 1. The molecule has 1 amide bonds. The molecule has 9 heteroatoms. The van der Waals surface area contributed by atoms with Crippen molar-refractivity contribution in [2.24, 2.45) is 0 Å². The lowest BCUT2D eigenvalue weighted by atomic mass is 10.2. The van der Waals surface area contributed by atoms with Crippen LogP contribution in [0.5, 0.6) is 0 Å². The van der Waals surface area contributed by atoms with E-state index in [0.29, 0.717) is 11.5 Å². The van der Waals surface area contributed by atoms with Crippen LogP contribution in [0.15, 0.2) is 32.6 Å². The van der Waals surface area contributed by atoms with E-state index in [1.54, 1.807) is 26.0 Å². The molecule has 0 bridgehead atoms. The number of nitrogens with zero attached hydrogens (tertiary/aromatic N) is 1. The minimum atomic E-state index is -0.622. The van der Waals surface area contributed by atoms with Crippen LogP contribution < -0.4 is 11.0 Å². The third kappa shape index (κ3) is 4.25. The summed E-state index contributed by atoms with van der Waals surface area (Å²) in [5, 5.41) is 2.92. The minimum absolute atomic E-state index is 0.00899. The maximum absolute atomic E-state index is 12.0. The number of ether oxygens (including phenoxy) is 1. The number of nitrogens with one attached hydrogen (secondary N) is 2. The summed E-state index contributed by atoms with van der Waals surface area (Å²) >= 11 is 0.992. The van der Waals surface area contributed by atoms with Gasteiger partial charge in [-0.05, 0) is 26.0 Å². The second kappa shape index (κ2) is 7.82. The first-order chi connectivity index (χ1) is 11.4. The summed E-state index contributed by atoms with van der Waals surface area (Å²) in [5.74, 6) is -0.276. The molecule has 0 aliphatic carbocycles. The van der Waals surface area contributed by atoms with Crippen LogP contribution in [0.4, 0.5) is 0 Å². The Morgan fingerprint density at radius 2 is 2.25 bits per heavy atom. The normalized spacial score (nSPS) is 11.8. The highest BCUT2D eigenvalue weighted by molar-refractivity contribution is 8.00. The zero-order valence-corrected chi connectivity index (χ0v) is 14.2. The summed E-state index contributed by atoms with van der Waals surface area (Å²) < 4.78 is 9.91. The lowest BCUT2D eigenvalue weighted by Crippen LogP contribution is -2.28. The van der Waals surface area contributed by atoms with Crippen molar-refractivity contribution in [3.8, 4) is 0 Å². The average molecular weight is 351 g/mol. The quantitative estimate of drug-likeness (QED) is 0.459. The van der Waals surface area contributed by atoms with Gasteiger partial charge in [0.05, 0.1) is 25.2 Å². The van der Waals surface area contributed by atoms with Crippen LogP contribution in [-0.4, -0.2) is 34.7 Å². The molecule has 0 radical (unpaired) electrons. The van der Waals surface area contributed by atoms with Crippen molar-refractivity contribution in [1.82, 2.24) is 15.3 Å². The van der Waals surface area contributed by atoms with Crippen molar-refractivity contribution >= 4 is 23.6 Å². The summed E-state index contributed by atoms with van der Waals surface area (Å²) in [5.41, 5.74) is -0.102. The summed E-state index contributed by atoms with van der Waals surface area (Å²) in [4.78, 5) is 41.6. The van der Waals surface area contributed by atoms with E-state index in [-0.39, 0.29) is 28.3 Å². The number of furan rings is 1. The molecule has 0 aliphatic heterocycles. The first kappa shape index (κ1) is 17.8. The molecule has 2 aromatic heterocycles. The maximum Gasteiger partial charge on any atom is 0.346 e. The fourth-order valence-corrected chi connectivity index (χ4v) is 2.91. The zero-order valence-electron chi connectivity index (χ0n) is 13.4. The third-order valence-corrected chi connectivity index (χ3v) is 4.14. The number of aromatic nitrogens is 2. The van der Waals surface area contributed by atoms with Crippen LogP contribution in [0.3, 0.4) is 0 Å². The van der Waals surface area contributed by atoms with Crippen LogP contribution >= 0.6 is 11.8 Å². The minimum Gasteiger partial charge on any atom is -0.467 e. The fourth-order valence-electron chi connectivity index (χ4n) is 2.03. The van der Waals surface area contributed by atoms with Gasteiger partial charge in [0.1, 0.15) is 16.3 Å². The molecular weight excluding hydrogens is 334 g/mol. The van der Waals surface area contributed by atoms with E-state index < -0.39 is 11.7 Å². The van der Waals surface area contributed by atoms with Crippen molar-refractivity contribution in [2.45, 2.75) is 24.9 Å². The van der Waals surface area contributed by atoms with E-state index in [9.17, 15) is 14.4 Å². The second-order valence-electron chi connectivity index (χ2n) is 4.93. The highest BCUT2D eigenvalue weighted by Gasteiger charge is 2.20. The number of hydrogen-bond donors (Lipinski definition) is 2. The van der Waals surface area contributed by atoms with E-state index in [1.165, 1.54) is 13.4 Å². The maximum atomic E-state index is 12.0. The van der Waals surface area contributed by atoms with Crippen LogP contribution in [0.25, 0.3) is 0 Å². The summed E-state index contributed by atoms with van der Waals surface area (Å²) in [6.07, 6.45) is 1.53. The molecule has 0 fully saturated rings. The first-order valence-electron chi connectivity index (χ1n) is 7.07. The topological polar surface area (TPSA) is 114 Å². The number of rotatable bonds is 6. The molecule has 2 aromatic rings. The van der Waals surface area contributed by atoms with Crippen LogP contribution in [-0.2, 0) is 9.53 Å². The van der Waals surface area contributed by atoms with E-state index in [0.717, 1.165) is 11.8 Å². The molecule has 8 nitrogen and oxygen atoms in total. The summed E-state index contributed by atoms with van der Waals surface area (Å²) in [6, 6.07) is 3.20. The summed E-state index contributed by atoms with van der Waals surface area (Å²) in [7, 11) is 1.24. The largest absolute Gasteiger partial charge is 0.467 e. The van der Waals surface area contributed by atoms with E-state index in [4.69, 9.17) is 9.15 Å². The van der Waals surface area contributed by atoms with Crippen molar-refractivity contribution in [2.75, 3.05) is 12.9 Å². The molecule has 24 heavy (non-hydrogen) atoms. The number of carbonyl (C=O) groups is 2. The molecule has 128 valence electrons. The molecule has 0 aliphatic rings. The number of methoxy groups -OCH3 is 1. The number of aryl methyl sites for hydroxylation is 1. The molecule has 2 N–H and O–H groups in total. The smallest absolute Gasteiger partial charge is 0.346 e. The van der Waals surface area contributed by atoms with Gasteiger partial charge in [0.15, 0.2) is 0 Å². The SMILES string of the molecule is COC(=O)c1c(SCC(=O)N[C@@H](C)c2ccco2)nc(=O)[nH]c1C. The fraction of sp³-hybridized carbons (Fsp3) is 0.333. The van der Waals surface area contributed by atoms with Crippen LogP contribution in [0.1, 0.15) is 34.8 Å². The third-order valence-electron chi connectivity index (χ3n) is 3.16. The average Bonchev–Trinajstić information content (AvgIpc) is 3.06. The van der Waals surface area contributed by atoms with Crippen molar-refractivity contribution < 1.29 is 18.7 Å². The van der Waals surface area contributed by atoms with Crippen molar-refractivity contribution in [3.05, 3.63) is 45.9 Å². The van der Waals surface area contributed by atoms with E-state index in [1.807, 2.05) is 0 Å². The lowest BCUT2D eigenvalue weighted by Gasteiger charge is -2.12. The molecule has 2 rings (SSSR count). The molecule has 0 saturated heterocycles. The Morgan fingerprint density at radius 1 is 1.50 bits per heavy atom. The summed E-state index contributed by atoms with van der Waals surface area (Å²) in [6.45, 7) is 3.36. The van der Waals surface area contributed by atoms with Crippen LogP contribution in [0, 0.1) is 6.92 Å². The van der Waals surface area contributed by atoms with Gasteiger partial charge >= 0.3 is 11.7 Å². The van der Waals surface area contributed by atoms with Gasteiger partial charge in [0.25, 0.3) is 0 Å². The molecule has 0 unspecified atom stereocenters. The molecule has 0 aromatic carbocycles. The molecule has 0 saturated carbocycles. The molecule has 0 spiro atoms. The van der Waals surface area contributed by atoms with E-state index in [2.05, 4.69) is 15.3 Å². The Morgan fingerprint density at radius 3 is 2.88 bits per heavy atom. The standard InChI is InChI=1S/C15H17N3O5S/c1-8(10-5-4-6-23-10)16-11(19)7-24-13-12(14(20)22-3)9(2)17-15(21)18-13/h4-6,8H,7H2,1-3H3,(H,16,19)(H,17,18,21)/t8-/m0/s1. The Bertz CT molecular complexity index is 785.